The van der Waals surface area contributed by atoms with Crippen LogP contribution in [0.15, 0.2) is 48.5 Å². The highest BCUT2D eigenvalue weighted by atomic mass is 16.5. The van der Waals surface area contributed by atoms with Gasteiger partial charge in [-0.15, -0.1) is 0 Å². The lowest BCUT2D eigenvalue weighted by Gasteiger charge is -2.13. The maximum Gasteiger partial charge on any atom is 0.161 e. The molecule has 2 aromatic carbocycles. The molecule has 0 heterocycles. The second kappa shape index (κ2) is 12.3. The molecule has 0 bridgehead atoms. The Labute approximate surface area is 156 Å². The van der Waals surface area contributed by atoms with Crippen molar-refractivity contribution in [1.82, 2.24) is 10.6 Å². The highest BCUT2D eigenvalue weighted by molar-refractivity contribution is 5.43. The van der Waals surface area contributed by atoms with Gasteiger partial charge in [0.15, 0.2) is 11.5 Å². The van der Waals surface area contributed by atoms with Gasteiger partial charge in [-0.3, -0.25) is 0 Å². The summed E-state index contributed by atoms with van der Waals surface area (Å²) in [6.07, 6.45) is 1.90. The molecular weight excluding hydrogens is 328 g/mol. The summed E-state index contributed by atoms with van der Waals surface area (Å²) >= 11 is 0. The summed E-state index contributed by atoms with van der Waals surface area (Å²) < 4.78 is 11.4. The van der Waals surface area contributed by atoms with Gasteiger partial charge in [0.05, 0.1) is 20.3 Å². The average Bonchev–Trinajstić information content (AvgIpc) is 2.69. The predicted octanol–water partition coefficient (Wildman–Crippen LogP) is 2.38. The third-order valence-corrected chi connectivity index (χ3v) is 4.04. The molecule has 0 fully saturated rings. The molecule has 0 aliphatic heterocycles. The van der Waals surface area contributed by atoms with Crippen LogP contribution in [0.3, 0.4) is 0 Å². The lowest BCUT2D eigenvalue weighted by Crippen LogP contribution is -2.23. The van der Waals surface area contributed by atoms with E-state index >= 15 is 0 Å². The molecular formula is C21H30N2O3. The molecule has 0 spiro atoms. The van der Waals surface area contributed by atoms with Crippen LogP contribution < -0.4 is 20.1 Å². The van der Waals surface area contributed by atoms with Gasteiger partial charge in [-0.05, 0) is 42.8 Å². The van der Waals surface area contributed by atoms with Crippen molar-refractivity contribution in [3.05, 3.63) is 59.7 Å². The Morgan fingerprint density at radius 3 is 2.46 bits per heavy atom. The van der Waals surface area contributed by atoms with Gasteiger partial charge < -0.3 is 25.2 Å². The summed E-state index contributed by atoms with van der Waals surface area (Å²) in [7, 11) is 1.67. The van der Waals surface area contributed by atoms with Gasteiger partial charge in [0, 0.05) is 19.5 Å². The van der Waals surface area contributed by atoms with Crippen molar-refractivity contribution in [3.8, 4) is 11.5 Å². The van der Waals surface area contributed by atoms with E-state index in [0.29, 0.717) is 13.2 Å². The molecule has 0 aliphatic rings. The van der Waals surface area contributed by atoms with E-state index < -0.39 is 0 Å². The van der Waals surface area contributed by atoms with Gasteiger partial charge in [0.25, 0.3) is 0 Å². The Kier molecular flexibility index (Phi) is 9.57. The number of aliphatic hydroxyl groups is 1. The van der Waals surface area contributed by atoms with Crippen molar-refractivity contribution in [2.45, 2.75) is 19.4 Å². The average molecular weight is 358 g/mol. The first-order valence-electron chi connectivity index (χ1n) is 9.19. The number of nitrogens with one attached hydrogen (secondary N) is 2. The molecule has 0 aromatic heterocycles. The molecule has 3 N–H and O–H groups in total. The second-order valence-corrected chi connectivity index (χ2v) is 6.07. The Morgan fingerprint density at radius 1 is 0.885 bits per heavy atom. The van der Waals surface area contributed by atoms with E-state index in [4.69, 9.17) is 14.6 Å². The Balaban J connectivity index is 1.73. The summed E-state index contributed by atoms with van der Waals surface area (Å²) in [5, 5.41) is 15.3. The van der Waals surface area contributed by atoms with Crippen LogP contribution >= 0.6 is 0 Å². The number of methoxy groups -OCH3 is 1. The topological polar surface area (TPSA) is 62.8 Å². The molecule has 5 nitrogen and oxygen atoms in total. The molecule has 5 heteroatoms. The van der Waals surface area contributed by atoms with Gasteiger partial charge in [-0.25, -0.2) is 0 Å². The number of hydrogen-bond acceptors (Lipinski definition) is 5. The smallest absolute Gasteiger partial charge is 0.161 e. The summed E-state index contributed by atoms with van der Waals surface area (Å²) in [4.78, 5) is 0. The number of benzene rings is 2. The fourth-order valence-electron chi connectivity index (χ4n) is 2.64. The second-order valence-electron chi connectivity index (χ2n) is 6.07. The molecule has 2 aromatic rings. The maximum absolute atomic E-state index is 8.70. The van der Waals surface area contributed by atoms with Gasteiger partial charge >= 0.3 is 0 Å². The third kappa shape index (κ3) is 7.44. The molecule has 0 saturated heterocycles. The molecule has 2 rings (SSSR count). The van der Waals surface area contributed by atoms with Crippen LogP contribution in [-0.2, 0) is 13.0 Å². The van der Waals surface area contributed by atoms with Crippen molar-refractivity contribution in [2.75, 3.05) is 40.0 Å². The maximum atomic E-state index is 8.70. The summed E-state index contributed by atoms with van der Waals surface area (Å²) in [6, 6.07) is 16.4. The Bertz CT molecular complexity index is 620. The van der Waals surface area contributed by atoms with Gasteiger partial charge in [0.2, 0.25) is 0 Å². The number of rotatable bonds is 13. The first-order valence-corrected chi connectivity index (χ1v) is 9.19. The SMILES string of the molecule is COc1cc(CNCCCNCCO)ccc1OCCc1ccccc1. The Morgan fingerprint density at radius 2 is 1.69 bits per heavy atom. The Hall–Kier alpha value is -2.08. The zero-order valence-electron chi connectivity index (χ0n) is 15.5. The van der Waals surface area contributed by atoms with Crippen molar-refractivity contribution >= 4 is 0 Å². The number of ether oxygens (including phenoxy) is 2. The first-order chi connectivity index (χ1) is 12.8. The molecule has 0 radical (unpaired) electrons. The molecule has 0 aliphatic carbocycles. The number of aliphatic hydroxyl groups excluding tert-OH is 1. The van der Waals surface area contributed by atoms with Crippen molar-refractivity contribution in [1.29, 1.82) is 0 Å². The van der Waals surface area contributed by atoms with Crippen molar-refractivity contribution < 1.29 is 14.6 Å². The van der Waals surface area contributed by atoms with Crippen LogP contribution in [0.4, 0.5) is 0 Å². The summed E-state index contributed by atoms with van der Waals surface area (Å²) in [5.41, 5.74) is 2.43. The first kappa shape index (κ1) is 20.2. The quantitative estimate of drug-likeness (QED) is 0.480. The van der Waals surface area contributed by atoms with E-state index in [0.717, 1.165) is 44.0 Å². The van der Waals surface area contributed by atoms with E-state index in [1.165, 1.54) is 11.1 Å². The van der Waals surface area contributed by atoms with E-state index in [-0.39, 0.29) is 6.61 Å². The fraction of sp³-hybridized carbons (Fsp3) is 0.429. The van der Waals surface area contributed by atoms with Crippen molar-refractivity contribution in [2.24, 2.45) is 0 Å². The largest absolute Gasteiger partial charge is 0.493 e. The molecule has 0 saturated carbocycles. The predicted molar refractivity (Wildman–Crippen MR) is 105 cm³/mol. The van der Waals surface area contributed by atoms with Crippen LogP contribution in [0.25, 0.3) is 0 Å². The van der Waals surface area contributed by atoms with E-state index in [2.05, 4.69) is 28.8 Å². The minimum atomic E-state index is 0.187. The van der Waals surface area contributed by atoms with Crippen LogP contribution in [-0.4, -0.2) is 45.1 Å². The fourth-order valence-corrected chi connectivity index (χ4v) is 2.64. The molecule has 0 unspecified atom stereocenters. The molecule has 26 heavy (non-hydrogen) atoms. The summed E-state index contributed by atoms with van der Waals surface area (Å²) in [5.74, 6) is 1.54. The zero-order valence-corrected chi connectivity index (χ0v) is 15.5. The van der Waals surface area contributed by atoms with Crippen LogP contribution in [0.5, 0.6) is 11.5 Å². The van der Waals surface area contributed by atoms with Crippen molar-refractivity contribution in [3.63, 3.8) is 0 Å². The third-order valence-electron chi connectivity index (χ3n) is 4.04. The lowest BCUT2D eigenvalue weighted by atomic mass is 10.1. The monoisotopic (exact) mass is 358 g/mol. The minimum Gasteiger partial charge on any atom is -0.493 e. The van der Waals surface area contributed by atoms with Crippen LogP contribution in [0.1, 0.15) is 17.5 Å². The zero-order chi connectivity index (χ0) is 18.5. The highest BCUT2D eigenvalue weighted by Gasteiger charge is 2.06. The van der Waals surface area contributed by atoms with Crippen LogP contribution in [0.2, 0.25) is 0 Å². The lowest BCUT2D eigenvalue weighted by molar-refractivity contribution is 0.292. The standard InChI is InChI=1S/C21H30N2O3/c1-25-21-16-19(17-23-12-5-11-22-13-14-24)8-9-20(21)26-15-10-18-6-3-2-4-7-18/h2-4,6-9,16,22-24H,5,10-15,17H2,1H3. The van der Waals surface area contributed by atoms with Gasteiger partial charge in [-0.2, -0.15) is 0 Å². The van der Waals surface area contributed by atoms with E-state index in [1.54, 1.807) is 7.11 Å². The molecule has 0 amide bonds. The van der Waals surface area contributed by atoms with Gasteiger partial charge in [-0.1, -0.05) is 36.4 Å². The highest BCUT2D eigenvalue weighted by Crippen LogP contribution is 2.28. The summed E-state index contributed by atoms with van der Waals surface area (Å²) in [6.45, 7) is 4.09. The normalized spacial score (nSPS) is 10.7. The van der Waals surface area contributed by atoms with Crippen LogP contribution in [0, 0.1) is 0 Å². The molecule has 0 atom stereocenters. The number of hydrogen-bond donors (Lipinski definition) is 3. The minimum absolute atomic E-state index is 0.187. The van der Waals surface area contributed by atoms with Gasteiger partial charge in [0.1, 0.15) is 0 Å². The van der Waals surface area contributed by atoms with E-state index in [9.17, 15) is 0 Å². The molecule has 142 valence electrons. The van der Waals surface area contributed by atoms with E-state index in [1.807, 2.05) is 30.3 Å².